The fraction of sp³-hybridized carbons (Fsp3) is 0.875. The van der Waals surface area contributed by atoms with Crippen LogP contribution in [0.25, 0.3) is 0 Å². The van der Waals surface area contributed by atoms with E-state index in [1.165, 1.54) is 0 Å². The van der Waals surface area contributed by atoms with Gasteiger partial charge >= 0.3 is 0 Å². The van der Waals surface area contributed by atoms with Gasteiger partial charge in [0.05, 0.1) is 0 Å². The molecule has 0 aromatic heterocycles. The summed E-state index contributed by atoms with van der Waals surface area (Å²) in [5, 5.41) is 0. The molecule has 0 heterocycles. The fourth-order valence-electron chi connectivity index (χ4n) is 0.714. The molecule has 0 rings (SSSR count). The predicted octanol–water partition coefficient (Wildman–Crippen LogP) is 1.87. The van der Waals surface area contributed by atoms with E-state index < -0.39 is 5.91 Å². The molecule has 2 heteroatoms. The molecule has 2 nitrogen and oxygen atoms in total. The van der Waals surface area contributed by atoms with Crippen molar-refractivity contribution in [3.8, 4) is 0 Å². The molecular weight excluding hydrogens is 126 g/mol. The molecule has 10 heavy (non-hydrogen) atoms. The zero-order chi connectivity index (χ0) is 8.15. The SMILES string of the molecule is CC(C)CCC(C)C([NH])=O. The van der Waals surface area contributed by atoms with Gasteiger partial charge in [-0.05, 0) is 12.3 Å². The minimum atomic E-state index is -0.430. The predicted molar refractivity (Wildman–Crippen MR) is 41.3 cm³/mol. The van der Waals surface area contributed by atoms with E-state index in [-0.39, 0.29) is 5.92 Å². The molecule has 0 aromatic rings. The first kappa shape index (κ1) is 9.47. The van der Waals surface area contributed by atoms with Crippen molar-refractivity contribution in [2.45, 2.75) is 33.6 Å². The molecule has 1 unspecified atom stereocenters. The Labute approximate surface area is 62.8 Å². The summed E-state index contributed by atoms with van der Waals surface area (Å²) in [6.07, 6.45) is 1.91. The van der Waals surface area contributed by atoms with Crippen LogP contribution in [0.4, 0.5) is 0 Å². The van der Waals surface area contributed by atoms with Crippen LogP contribution >= 0.6 is 0 Å². The quantitative estimate of drug-likeness (QED) is 0.590. The van der Waals surface area contributed by atoms with E-state index in [2.05, 4.69) is 13.8 Å². The van der Waals surface area contributed by atoms with Gasteiger partial charge in [0.1, 0.15) is 0 Å². The van der Waals surface area contributed by atoms with Gasteiger partial charge in [-0.15, -0.1) is 0 Å². The first-order valence-electron chi connectivity index (χ1n) is 3.79. The number of rotatable bonds is 4. The van der Waals surface area contributed by atoms with E-state index in [1.54, 1.807) is 0 Å². The molecule has 0 aliphatic heterocycles. The number of carbonyl (C=O) groups excluding carboxylic acids is 1. The lowest BCUT2D eigenvalue weighted by molar-refractivity contribution is -0.122. The van der Waals surface area contributed by atoms with Gasteiger partial charge in [-0.1, -0.05) is 27.2 Å². The van der Waals surface area contributed by atoms with Crippen LogP contribution in [0.15, 0.2) is 0 Å². The number of amides is 1. The highest BCUT2D eigenvalue weighted by molar-refractivity contribution is 5.75. The summed E-state index contributed by atoms with van der Waals surface area (Å²) in [6, 6.07) is 0. The third kappa shape index (κ3) is 4.36. The van der Waals surface area contributed by atoms with Crippen molar-refractivity contribution >= 4 is 5.91 Å². The highest BCUT2D eigenvalue weighted by Gasteiger charge is 2.09. The Morgan fingerprint density at radius 1 is 1.30 bits per heavy atom. The van der Waals surface area contributed by atoms with E-state index >= 15 is 0 Å². The molecule has 0 aliphatic carbocycles. The molecule has 0 saturated carbocycles. The number of carbonyl (C=O) groups is 1. The molecule has 0 aliphatic rings. The molecule has 0 bridgehead atoms. The first-order chi connectivity index (χ1) is 4.54. The average Bonchev–Trinajstić information content (AvgIpc) is 1.82. The zero-order valence-electron chi connectivity index (χ0n) is 6.98. The van der Waals surface area contributed by atoms with Gasteiger partial charge in [-0.3, -0.25) is 10.5 Å². The van der Waals surface area contributed by atoms with Crippen molar-refractivity contribution < 1.29 is 4.79 Å². The molecule has 0 fully saturated rings. The maximum Gasteiger partial charge on any atom is 0.241 e. The molecule has 1 atom stereocenters. The average molecular weight is 142 g/mol. The highest BCUT2D eigenvalue weighted by Crippen LogP contribution is 2.10. The van der Waals surface area contributed by atoms with E-state index in [4.69, 9.17) is 5.73 Å². The normalized spacial score (nSPS) is 13.6. The summed E-state index contributed by atoms with van der Waals surface area (Å²) in [6.45, 7) is 6.07. The van der Waals surface area contributed by atoms with Crippen LogP contribution in [0.3, 0.4) is 0 Å². The summed E-state index contributed by atoms with van der Waals surface area (Å²) < 4.78 is 0. The highest BCUT2D eigenvalue weighted by atomic mass is 16.1. The lowest BCUT2D eigenvalue weighted by Crippen LogP contribution is -2.11. The summed E-state index contributed by atoms with van der Waals surface area (Å²) in [5.41, 5.74) is 6.79. The summed E-state index contributed by atoms with van der Waals surface area (Å²) >= 11 is 0. The van der Waals surface area contributed by atoms with Crippen molar-refractivity contribution in [1.82, 2.24) is 5.73 Å². The van der Waals surface area contributed by atoms with Gasteiger partial charge in [0, 0.05) is 5.92 Å². The second-order valence-electron chi connectivity index (χ2n) is 3.24. The van der Waals surface area contributed by atoms with E-state index in [0.717, 1.165) is 12.8 Å². The Morgan fingerprint density at radius 3 is 2.10 bits per heavy atom. The van der Waals surface area contributed by atoms with E-state index in [0.29, 0.717) is 5.92 Å². The van der Waals surface area contributed by atoms with Crippen LogP contribution in [0.2, 0.25) is 0 Å². The summed E-state index contributed by atoms with van der Waals surface area (Å²) in [7, 11) is 0. The van der Waals surface area contributed by atoms with Crippen molar-refractivity contribution in [3.63, 3.8) is 0 Å². The van der Waals surface area contributed by atoms with Crippen LogP contribution in [-0.2, 0) is 4.79 Å². The van der Waals surface area contributed by atoms with Crippen LogP contribution in [0.5, 0.6) is 0 Å². The van der Waals surface area contributed by atoms with Crippen LogP contribution < -0.4 is 5.73 Å². The molecule has 59 valence electrons. The number of hydrogen-bond acceptors (Lipinski definition) is 1. The van der Waals surface area contributed by atoms with Crippen molar-refractivity contribution in [2.24, 2.45) is 11.8 Å². The molecule has 0 aromatic carbocycles. The number of nitrogens with one attached hydrogen (secondary N) is 1. The second kappa shape index (κ2) is 4.31. The van der Waals surface area contributed by atoms with Gasteiger partial charge in [-0.2, -0.15) is 0 Å². The Hall–Kier alpha value is -0.530. The lowest BCUT2D eigenvalue weighted by Gasteiger charge is -2.07. The smallest absolute Gasteiger partial charge is 0.241 e. The third-order valence-corrected chi connectivity index (χ3v) is 1.62. The fourth-order valence-corrected chi connectivity index (χ4v) is 0.714. The Bertz CT molecular complexity index is 110. The maximum absolute atomic E-state index is 10.4. The van der Waals surface area contributed by atoms with Gasteiger partial charge < -0.3 is 0 Å². The minimum Gasteiger partial charge on any atom is -0.273 e. The van der Waals surface area contributed by atoms with Crippen LogP contribution in [-0.4, -0.2) is 5.91 Å². The third-order valence-electron chi connectivity index (χ3n) is 1.62. The number of hydrogen-bond donors (Lipinski definition) is 0. The van der Waals surface area contributed by atoms with Gasteiger partial charge in [0.25, 0.3) is 0 Å². The second-order valence-corrected chi connectivity index (χ2v) is 3.24. The molecule has 1 N–H and O–H groups in total. The van der Waals surface area contributed by atoms with E-state index in [1.807, 2.05) is 6.92 Å². The maximum atomic E-state index is 10.4. The van der Waals surface area contributed by atoms with Crippen LogP contribution in [0.1, 0.15) is 33.6 Å². The Balaban J connectivity index is 3.40. The zero-order valence-corrected chi connectivity index (χ0v) is 6.98. The van der Waals surface area contributed by atoms with Crippen molar-refractivity contribution in [3.05, 3.63) is 0 Å². The minimum absolute atomic E-state index is 0.0672. The summed E-state index contributed by atoms with van der Waals surface area (Å²) in [4.78, 5) is 10.4. The Morgan fingerprint density at radius 2 is 1.80 bits per heavy atom. The van der Waals surface area contributed by atoms with Gasteiger partial charge in [0.2, 0.25) is 5.91 Å². The van der Waals surface area contributed by atoms with Crippen molar-refractivity contribution in [1.29, 1.82) is 0 Å². The Kier molecular flexibility index (Phi) is 4.08. The lowest BCUT2D eigenvalue weighted by atomic mass is 9.99. The standard InChI is InChI=1S/C8H16NO/c1-6(2)4-5-7(3)8(9)10/h6-7,9H,4-5H2,1-3H3. The largest absolute Gasteiger partial charge is 0.273 e. The molecule has 0 saturated heterocycles. The first-order valence-corrected chi connectivity index (χ1v) is 3.79. The monoisotopic (exact) mass is 142 g/mol. The molecule has 1 amide bonds. The molecular formula is C8H16NO. The van der Waals surface area contributed by atoms with Crippen LogP contribution in [0, 0.1) is 11.8 Å². The van der Waals surface area contributed by atoms with Gasteiger partial charge in [0.15, 0.2) is 0 Å². The topological polar surface area (TPSA) is 40.9 Å². The van der Waals surface area contributed by atoms with Crippen molar-refractivity contribution in [2.75, 3.05) is 0 Å². The van der Waals surface area contributed by atoms with E-state index in [9.17, 15) is 4.79 Å². The molecule has 0 spiro atoms. The molecule has 1 radical (unpaired) electrons. The summed E-state index contributed by atoms with van der Waals surface area (Å²) in [5.74, 6) is 0.143. The van der Waals surface area contributed by atoms with Gasteiger partial charge in [-0.25, -0.2) is 0 Å².